The number of rotatable bonds is 4. The van der Waals surface area contributed by atoms with Crippen molar-refractivity contribution in [2.24, 2.45) is 5.92 Å². The molecule has 0 fully saturated rings. The molecule has 0 unspecified atom stereocenters. The first kappa shape index (κ1) is 12.2. The van der Waals surface area contributed by atoms with Crippen LogP contribution in [0.2, 0.25) is 0 Å². The second kappa shape index (κ2) is 5.39. The average Bonchev–Trinajstić information content (AvgIpc) is 2.76. The molecule has 0 atom stereocenters. The second-order valence-electron chi connectivity index (χ2n) is 4.43. The molecule has 1 N–H and O–H groups in total. The van der Waals surface area contributed by atoms with E-state index in [0.29, 0.717) is 17.2 Å². The topological polar surface area (TPSA) is 72.7 Å². The maximum absolute atomic E-state index is 11.8. The Balaban J connectivity index is 2.01. The molecule has 6 heteroatoms. The lowest BCUT2D eigenvalue weighted by atomic mass is 10.2. The molecule has 0 saturated carbocycles. The van der Waals surface area contributed by atoms with Crippen LogP contribution in [0.3, 0.4) is 0 Å². The number of nitrogens with zero attached hydrogens (tertiary/aromatic N) is 4. The second-order valence-corrected chi connectivity index (χ2v) is 4.43. The highest BCUT2D eigenvalue weighted by atomic mass is 16.1. The highest BCUT2D eigenvalue weighted by molar-refractivity contribution is 6.03. The van der Waals surface area contributed by atoms with E-state index in [2.05, 4.69) is 34.5 Å². The molecular weight excluding hydrogens is 230 g/mol. The molecule has 2 heterocycles. The minimum atomic E-state index is -0.214. The van der Waals surface area contributed by atoms with Gasteiger partial charge in [-0.1, -0.05) is 13.8 Å². The maximum Gasteiger partial charge on any atom is 0.257 e. The van der Waals surface area contributed by atoms with E-state index in [-0.39, 0.29) is 5.91 Å². The van der Waals surface area contributed by atoms with Crippen molar-refractivity contribution >= 4 is 11.6 Å². The third-order valence-corrected chi connectivity index (χ3v) is 2.29. The predicted molar refractivity (Wildman–Crippen MR) is 67.1 cm³/mol. The number of hydrogen-bond donors (Lipinski definition) is 1. The number of aromatic nitrogens is 4. The standard InChI is InChI=1S/C12H15N5O/c1-9(2)7-17-8-11(6-15-17)16-12(18)10-3-4-13-14-5-10/h3-6,8-9H,7H2,1-2H3,(H,16,18). The van der Waals surface area contributed by atoms with Crippen LogP contribution in [0.4, 0.5) is 5.69 Å². The van der Waals surface area contributed by atoms with Crippen LogP contribution in [0.15, 0.2) is 30.9 Å². The zero-order chi connectivity index (χ0) is 13.0. The fourth-order valence-electron chi connectivity index (χ4n) is 1.53. The molecule has 0 radical (unpaired) electrons. The van der Waals surface area contributed by atoms with Crippen molar-refractivity contribution in [3.63, 3.8) is 0 Å². The zero-order valence-electron chi connectivity index (χ0n) is 10.4. The predicted octanol–water partition coefficient (Wildman–Crippen LogP) is 1.58. The van der Waals surface area contributed by atoms with Gasteiger partial charge in [-0.25, -0.2) is 0 Å². The molecule has 0 aliphatic carbocycles. The fraction of sp³-hybridized carbons (Fsp3) is 0.333. The van der Waals surface area contributed by atoms with Gasteiger partial charge in [-0.15, -0.1) is 0 Å². The Morgan fingerprint density at radius 3 is 2.89 bits per heavy atom. The summed E-state index contributed by atoms with van der Waals surface area (Å²) in [5, 5.41) is 14.2. The van der Waals surface area contributed by atoms with Crippen molar-refractivity contribution in [2.45, 2.75) is 20.4 Å². The van der Waals surface area contributed by atoms with E-state index >= 15 is 0 Å². The zero-order valence-corrected chi connectivity index (χ0v) is 10.4. The van der Waals surface area contributed by atoms with Crippen molar-refractivity contribution in [3.05, 3.63) is 36.4 Å². The van der Waals surface area contributed by atoms with Crippen molar-refractivity contribution in [1.29, 1.82) is 0 Å². The molecule has 0 spiro atoms. The smallest absolute Gasteiger partial charge is 0.257 e. The lowest BCUT2D eigenvalue weighted by Crippen LogP contribution is -2.12. The van der Waals surface area contributed by atoms with Crippen LogP contribution in [0.25, 0.3) is 0 Å². The Labute approximate surface area is 105 Å². The van der Waals surface area contributed by atoms with Crippen molar-refractivity contribution in [2.75, 3.05) is 5.32 Å². The summed E-state index contributed by atoms with van der Waals surface area (Å²) in [4.78, 5) is 11.8. The van der Waals surface area contributed by atoms with Gasteiger partial charge in [-0.2, -0.15) is 15.3 Å². The first-order valence-corrected chi connectivity index (χ1v) is 5.75. The van der Waals surface area contributed by atoms with Crippen molar-refractivity contribution in [1.82, 2.24) is 20.0 Å². The van der Waals surface area contributed by atoms with Crippen LogP contribution in [0.1, 0.15) is 24.2 Å². The Hall–Kier alpha value is -2.24. The lowest BCUT2D eigenvalue weighted by molar-refractivity contribution is 0.102. The van der Waals surface area contributed by atoms with Crippen molar-refractivity contribution in [3.8, 4) is 0 Å². The Bertz CT molecular complexity index is 520. The first-order valence-electron chi connectivity index (χ1n) is 5.75. The Kier molecular flexibility index (Phi) is 3.66. The maximum atomic E-state index is 11.8. The van der Waals surface area contributed by atoms with Gasteiger partial charge in [0.2, 0.25) is 0 Å². The number of carbonyl (C=O) groups excluding carboxylic acids is 1. The minimum Gasteiger partial charge on any atom is -0.319 e. The average molecular weight is 245 g/mol. The quantitative estimate of drug-likeness (QED) is 0.887. The fourth-order valence-corrected chi connectivity index (χ4v) is 1.53. The monoisotopic (exact) mass is 245 g/mol. The molecule has 0 aliphatic heterocycles. The lowest BCUT2D eigenvalue weighted by Gasteiger charge is -2.03. The van der Waals surface area contributed by atoms with Gasteiger partial charge in [-0.3, -0.25) is 9.48 Å². The largest absolute Gasteiger partial charge is 0.319 e. The highest BCUT2D eigenvalue weighted by Gasteiger charge is 2.07. The molecular formula is C12H15N5O. The van der Waals surface area contributed by atoms with Crippen molar-refractivity contribution < 1.29 is 4.79 Å². The van der Waals surface area contributed by atoms with E-state index in [0.717, 1.165) is 6.54 Å². The van der Waals surface area contributed by atoms with Gasteiger partial charge in [0.15, 0.2) is 0 Å². The van der Waals surface area contributed by atoms with Gasteiger partial charge >= 0.3 is 0 Å². The Morgan fingerprint density at radius 2 is 2.22 bits per heavy atom. The van der Waals surface area contributed by atoms with Crippen LogP contribution < -0.4 is 5.32 Å². The van der Waals surface area contributed by atoms with E-state index in [9.17, 15) is 4.79 Å². The van der Waals surface area contributed by atoms with E-state index in [1.54, 1.807) is 12.3 Å². The number of hydrogen-bond acceptors (Lipinski definition) is 4. The summed E-state index contributed by atoms with van der Waals surface area (Å²) in [5.41, 5.74) is 1.15. The molecule has 6 nitrogen and oxygen atoms in total. The molecule has 0 aliphatic rings. The number of nitrogens with one attached hydrogen (secondary N) is 1. The molecule has 94 valence electrons. The van der Waals surface area contributed by atoms with Gasteiger partial charge in [0.05, 0.1) is 29.8 Å². The summed E-state index contributed by atoms with van der Waals surface area (Å²) in [5.74, 6) is 0.298. The van der Waals surface area contributed by atoms with Gasteiger partial charge in [0.25, 0.3) is 5.91 Å². The van der Waals surface area contributed by atoms with E-state index < -0.39 is 0 Å². The summed E-state index contributed by atoms with van der Waals surface area (Å²) >= 11 is 0. The van der Waals surface area contributed by atoms with Crippen LogP contribution in [0.5, 0.6) is 0 Å². The normalized spacial score (nSPS) is 10.6. The van der Waals surface area contributed by atoms with E-state index in [1.165, 1.54) is 12.4 Å². The summed E-state index contributed by atoms with van der Waals surface area (Å²) in [6.07, 6.45) is 6.35. The van der Waals surface area contributed by atoms with Crippen LogP contribution in [-0.2, 0) is 6.54 Å². The number of anilines is 1. The summed E-state index contributed by atoms with van der Waals surface area (Å²) in [6, 6.07) is 1.61. The molecule has 18 heavy (non-hydrogen) atoms. The summed E-state index contributed by atoms with van der Waals surface area (Å²) in [6.45, 7) is 5.05. The molecule has 1 amide bonds. The summed E-state index contributed by atoms with van der Waals surface area (Å²) < 4.78 is 1.81. The van der Waals surface area contributed by atoms with E-state index in [4.69, 9.17) is 0 Å². The molecule has 0 bridgehead atoms. The van der Waals surface area contributed by atoms with Gasteiger partial charge in [0.1, 0.15) is 0 Å². The van der Waals surface area contributed by atoms with Crippen LogP contribution in [-0.4, -0.2) is 25.9 Å². The highest BCUT2D eigenvalue weighted by Crippen LogP contribution is 2.08. The molecule has 0 aromatic carbocycles. The Morgan fingerprint density at radius 1 is 1.39 bits per heavy atom. The van der Waals surface area contributed by atoms with Gasteiger partial charge in [0, 0.05) is 12.7 Å². The number of amides is 1. The number of carbonyl (C=O) groups is 1. The molecule has 2 aromatic heterocycles. The minimum absolute atomic E-state index is 0.214. The SMILES string of the molecule is CC(C)Cn1cc(NC(=O)c2ccnnc2)cn1. The van der Waals surface area contributed by atoms with Gasteiger partial charge < -0.3 is 5.32 Å². The third kappa shape index (κ3) is 3.13. The molecule has 0 saturated heterocycles. The first-order chi connectivity index (χ1) is 8.65. The molecule has 2 aromatic rings. The van der Waals surface area contributed by atoms with Crippen LogP contribution >= 0.6 is 0 Å². The van der Waals surface area contributed by atoms with Crippen LogP contribution in [0, 0.1) is 5.92 Å². The van der Waals surface area contributed by atoms with Gasteiger partial charge in [-0.05, 0) is 12.0 Å². The molecule has 2 rings (SSSR count). The third-order valence-electron chi connectivity index (χ3n) is 2.29. The van der Waals surface area contributed by atoms with E-state index in [1.807, 2.05) is 10.9 Å². The summed E-state index contributed by atoms with van der Waals surface area (Å²) in [7, 11) is 0.